The van der Waals surface area contributed by atoms with Gasteiger partial charge in [0.2, 0.25) is 5.91 Å². The third-order valence-corrected chi connectivity index (χ3v) is 2.95. The van der Waals surface area contributed by atoms with Gasteiger partial charge < -0.3 is 5.32 Å². The van der Waals surface area contributed by atoms with E-state index in [9.17, 15) is 4.79 Å². The first-order chi connectivity index (χ1) is 6.24. The molecule has 0 aliphatic rings. The molecule has 0 bridgehead atoms. The molecule has 0 unspecified atom stereocenters. The molecule has 1 rings (SSSR count). The maximum absolute atomic E-state index is 11.1. The second kappa shape index (κ2) is 5.25. The number of hydrogen-bond acceptors (Lipinski definition) is 2. The molecule has 0 radical (unpaired) electrons. The minimum Gasteiger partial charge on any atom is -0.351 e. The summed E-state index contributed by atoms with van der Waals surface area (Å²) in [6.07, 6.45) is 0.395. The summed E-state index contributed by atoms with van der Waals surface area (Å²) in [6.45, 7) is 2.67. The molecule has 1 aromatic heterocycles. The summed E-state index contributed by atoms with van der Waals surface area (Å²) < 4.78 is 0. The van der Waals surface area contributed by atoms with E-state index >= 15 is 0 Å². The molecule has 2 nitrogen and oxygen atoms in total. The second-order valence-corrected chi connectivity index (χ2v) is 4.12. The smallest absolute Gasteiger partial charge is 0.221 e. The van der Waals surface area contributed by atoms with Crippen LogP contribution in [-0.4, -0.2) is 11.8 Å². The van der Waals surface area contributed by atoms with Crippen molar-refractivity contribution in [2.75, 3.05) is 5.88 Å². The summed E-state index contributed by atoms with van der Waals surface area (Å²) in [7, 11) is 0. The van der Waals surface area contributed by atoms with Gasteiger partial charge in [0.15, 0.2) is 0 Å². The van der Waals surface area contributed by atoms with Crippen molar-refractivity contribution in [3.05, 3.63) is 21.9 Å². The van der Waals surface area contributed by atoms with Crippen LogP contribution in [0.1, 0.15) is 16.9 Å². The predicted molar refractivity (Wildman–Crippen MR) is 56.2 cm³/mol. The Hall–Kier alpha value is -0.540. The first kappa shape index (κ1) is 10.5. The summed E-state index contributed by atoms with van der Waals surface area (Å²) in [5.41, 5.74) is 1.23. The lowest BCUT2D eigenvalue weighted by atomic mass is 10.3. The van der Waals surface area contributed by atoms with E-state index in [4.69, 9.17) is 11.6 Å². The number of carbonyl (C=O) groups is 1. The van der Waals surface area contributed by atoms with E-state index in [1.54, 1.807) is 11.3 Å². The van der Waals surface area contributed by atoms with Crippen molar-refractivity contribution in [2.45, 2.75) is 19.9 Å². The Balaban J connectivity index is 2.35. The van der Waals surface area contributed by atoms with Crippen molar-refractivity contribution in [3.63, 3.8) is 0 Å². The molecule has 0 aliphatic heterocycles. The van der Waals surface area contributed by atoms with E-state index in [1.165, 1.54) is 10.4 Å². The van der Waals surface area contributed by atoms with Crippen LogP contribution in [0.25, 0.3) is 0 Å². The molecule has 0 spiro atoms. The van der Waals surface area contributed by atoms with E-state index in [0.29, 0.717) is 18.8 Å². The molecular weight excluding hydrogens is 206 g/mol. The van der Waals surface area contributed by atoms with Gasteiger partial charge in [0.05, 0.1) is 6.54 Å². The fourth-order valence-electron chi connectivity index (χ4n) is 0.938. The zero-order valence-electron chi connectivity index (χ0n) is 7.47. The van der Waals surface area contributed by atoms with Gasteiger partial charge in [-0.1, -0.05) is 0 Å². The first-order valence-electron chi connectivity index (χ1n) is 4.09. The molecule has 4 heteroatoms. The summed E-state index contributed by atoms with van der Waals surface area (Å²) >= 11 is 7.09. The Morgan fingerprint density at radius 1 is 1.69 bits per heavy atom. The highest BCUT2D eigenvalue weighted by Gasteiger charge is 2.02. The van der Waals surface area contributed by atoms with Crippen LogP contribution in [0.4, 0.5) is 0 Å². The second-order valence-electron chi connectivity index (χ2n) is 2.74. The topological polar surface area (TPSA) is 29.1 Å². The molecular formula is C9H12ClNOS. The number of carbonyl (C=O) groups excluding carboxylic acids is 1. The summed E-state index contributed by atoms with van der Waals surface area (Å²) in [6, 6.07) is 2.05. The summed E-state index contributed by atoms with van der Waals surface area (Å²) in [4.78, 5) is 12.3. The van der Waals surface area contributed by atoms with Crippen LogP contribution in [0.15, 0.2) is 11.4 Å². The largest absolute Gasteiger partial charge is 0.351 e. The number of nitrogens with one attached hydrogen (secondary N) is 1. The van der Waals surface area contributed by atoms with Gasteiger partial charge >= 0.3 is 0 Å². The molecule has 13 heavy (non-hydrogen) atoms. The van der Waals surface area contributed by atoms with Gasteiger partial charge in [-0.2, -0.15) is 0 Å². The molecule has 72 valence electrons. The van der Waals surface area contributed by atoms with E-state index < -0.39 is 0 Å². The van der Waals surface area contributed by atoms with Crippen LogP contribution in [0.2, 0.25) is 0 Å². The van der Waals surface area contributed by atoms with Gasteiger partial charge in [0.25, 0.3) is 0 Å². The van der Waals surface area contributed by atoms with Crippen molar-refractivity contribution in [1.29, 1.82) is 0 Å². The summed E-state index contributed by atoms with van der Waals surface area (Å²) in [5.74, 6) is 0.401. The zero-order valence-corrected chi connectivity index (χ0v) is 9.04. The Labute approximate surface area is 86.9 Å². The Morgan fingerprint density at radius 3 is 3.00 bits per heavy atom. The van der Waals surface area contributed by atoms with Crippen molar-refractivity contribution >= 4 is 28.8 Å². The molecule has 1 N–H and O–H groups in total. The summed E-state index contributed by atoms with van der Waals surface area (Å²) in [5, 5.41) is 4.84. The normalized spacial score (nSPS) is 10.0. The van der Waals surface area contributed by atoms with E-state index in [2.05, 4.69) is 5.32 Å². The lowest BCUT2D eigenvalue weighted by Crippen LogP contribution is -2.22. The minimum atomic E-state index is 0.0165. The number of hydrogen-bond donors (Lipinski definition) is 1. The lowest BCUT2D eigenvalue weighted by Gasteiger charge is -2.02. The molecule has 0 saturated carbocycles. The van der Waals surface area contributed by atoms with Crippen molar-refractivity contribution in [1.82, 2.24) is 5.32 Å². The van der Waals surface area contributed by atoms with E-state index in [-0.39, 0.29) is 5.91 Å². The Kier molecular flexibility index (Phi) is 4.25. The number of aryl methyl sites for hydroxylation is 1. The maximum Gasteiger partial charge on any atom is 0.221 e. The van der Waals surface area contributed by atoms with Crippen LogP contribution in [0.5, 0.6) is 0 Å². The molecule has 0 aromatic carbocycles. The molecule has 0 atom stereocenters. The lowest BCUT2D eigenvalue weighted by molar-refractivity contribution is -0.120. The molecule has 1 heterocycles. The number of rotatable bonds is 4. The van der Waals surface area contributed by atoms with Crippen LogP contribution in [-0.2, 0) is 11.3 Å². The highest BCUT2D eigenvalue weighted by atomic mass is 35.5. The van der Waals surface area contributed by atoms with Crippen molar-refractivity contribution in [2.24, 2.45) is 0 Å². The number of amides is 1. The van der Waals surface area contributed by atoms with Gasteiger partial charge in [-0.25, -0.2) is 0 Å². The van der Waals surface area contributed by atoms with Crippen LogP contribution in [0, 0.1) is 6.92 Å². The average molecular weight is 218 g/mol. The van der Waals surface area contributed by atoms with Crippen molar-refractivity contribution in [3.8, 4) is 0 Å². The third-order valence-electron chi connectivity index (χ3n) is 1.74. The maximum atomic E-state index is 11.1. The average Bonchev–Trinajstić information content (AvgIpc) is 2.48. The van der Waals surface area contributed by atoms with Gasteiger partial charge in [-0.15, -0.1) is 22.9 Å². The fraction of sp³-hybridized carbons (Fsp3) is 0.444. The molecule has 1 aromatic rings. The van der Waals surface area contributed by atoms with Gasteiger partial charge in [-0.3, -0.25) is 4.79 Å². The first-order valence-corrected chi connectivity index (χ1v) is 5.51. The highest BCUT2D eigenvalue weighted by Crippen LogP contribution is 2.14. The third kappa shape index (κ3) is 3.36. The molecule has 1 amide bonds. The highest BCUT2D eigenvalue weighted by molar-refractivity contribution is 7.10. The molecule has 0 fully saturated rings. The number of halogens is 1. The minimum absolute atomic E-state index is 0.0165. The standard InChI is InChI=1S/C9H12ClNOS/c1-7-3-5-13-8(7)6-11-9(12)2-4-10/h3,5H,2,4,6H2,1H3,(H,11,12). The van der Waals surface area contributed by atoms with Crippen LogP contribution < -0.4 is 5.32 Å². The zero-order chi connectivity index (χ0) is 9.68. The SMILES string of the molecule is Cc1ccsc1CNC(=O)CCCl. The van der Waals surface area contributed by atoms with Crippen molar-refractivity contribution < 1.29 is 4.79 Å². The van der Waals surface area contributed by atoms with Gasteiger partial charge in [0, 0.05) is 17.2 Å². The Morgan fingerprint density at radius 2 is 2.46 bits per heavy atom. The molecule has 0 aliphatic carbocycles. The quantitative estimate of drug-likeness (QED) is 0.771. The van der Waals surface area contributed by atoms with E-state index in [0.717, 1.165) is 0 Å². The monoisotopic (exact) mass is 217 g/mol. The number of alkyl halides is 1. The van der Waals surface area contributed by atoms with E-state index in [1.807, 2.05) is 18.4 Å². The number of thiophene rings is 1. The molecule has 0 saturated heterocycles. The van der Waals surface area contributed by atoms with Gasteiger partial charge in [0.1, 0.15) is 0 Å². The van der Waals surface area contributed by atoms with Crippen LogP contribution in [0.3, 0.4) is 0 Å². The Bertz CT molecular complexity index is 285. The van der Waals surface area contributed by atoms with Gasteiger partial charge in [-0.05, 0) is 23.9 Å². The van der Waals surface area contributed by atoms with Crippen LogP contribution >= 0.6 is 22.9 Å². The predicted octanol–water partition coefficient (Wildman–Crippen LogP) is 2.30. The fourth-order valence-corrected chi connectivity index (χ4v) is 1.96.